The van der Waals surface area contributed by atoms with Gasteiger partial charge in [0.15, 0.2) is 0 Å². The summed E-state index contributed by atoms with van der Waals surface area (Å²) in [6.45, 7) is 7.67. The van der Waals surface area contributed by atoms with Crippen LogP contribution in [0.2, 0.25) is 0 Å². The third-order valence-electron chi connectivity index (χ3n) is 6.65. The number of amides is 1. The van der Waals surface area contributed by atoms with E-state index in [0.717, 1.165) is 53.9 Å². The van der Waals surface area contributed by atoms with Gasteiger partial charge in [-0.3, -0.25) is 4.79 Å². The van der Waals surface area contributed by atoms with Gasteiger partial charge >= 0.3 is 0 Å². The average molecular weight is 489 g/mol. The van der Waals surface area contributed by atoms with E-state index in [1.165, 1.54) is 11.8 Å². The topological polar surface area (TPSA) is 76.7 Å². The zero-order valence-corrected chi connectivity index (χ0v) is 20.8. The minimum absolute atomic E-state index is 0.246. The molecule has 0 bridgehead atoms. The van der Waals surface area contributed by atoms with Crippen LogP contribution in [0.4, 0.5) is 11.4 Å². The Balaban J connectivity index is 1.44. The molecule has 37 heavy (non-hydrogen) atoms. The molecule has 7 nitrogen and oxygen atoms in total. The van der Waals surface area contributed by atoms with Gasteiger partial charge in [0.2, 0.25) is 5.91 Å². The summed E-state index contributed by atoms with van der Waals surface area (Å²) in [6, 6.07) is 20.5. The van der Waals surface area contributed by atoms with Crippen LogP contribution in [-0.4, -0.2) is 53.6 Å². The fourth-order valence-corrected chi connectivity index (χ4v) is 4.51. The van der Waals surface area contributed by atoms with Crippen LogP contribution in [0.25, 0.3) is 28.8 Å². The molecule has 184 valence electrons. The van der Waals surface area contributed by atoms with E-state index in [0.29, 0.717) is 11.3 Å². The van der Waals surface area contributed by atoms with E-state index >= 15 is 0 Å². The molecule has 4 aromatic rings. The lowest BCUT2D eigenvalue weighted by atomic mass is 10.0. The first-order valence-corrected chi connectivity index (χ1v) is 12.2. The van der Waals surface area contributed by atoms with Crippen LogP contribution in [-0.2, 0) is 4.79 Å². The fraction of sp³-hybridized carbons (Fsp3) is 0.167. The van der Waals surface area contributed by atoms with Crippen LogP contribution in [0.15, 0.2) is 79.6 Å². The Bertz CT molecular complexity index is 1500. The zero-order chi connectivity index (χ0) is 25.8. The highest BCUT2D eigenvalue weighted by Gasteiger charge is 2.15. The van der Waals surface area contributed by atoms with Gasteiger partial charge in [-0.1, -0.05) is 43.0 Å². The van der Waals surface area contributed by atoms with E-state index in [2.05, 4.69) is 70.2 Å². The molecule has 2 aromatic carbocycles. The van der Waals surface area contributed by atoms with E-state index < -0.39 is 0 Å². The number of nitriles is 1. The van der Waals surface area contributed by atoms with Gasteiger partial charge < -0.3 is 15.1 Å². The van der Waals surface area contributed by atoms with Crippen LogP contribution in [0.1, 0.15) is 16.7 Å². The third kappa shape index (κ3) is 5.30. The Morgan fingerprint density at radius 3 is 2.43 bits per heavy atom. The molecular weight excluding hydrogens is 460 g/mol. The predicted molar refractivity (Wildman–Crippen MR) is 149 cm³/mol. The summed E-state index contributed by atoms with van der Waals surface area (Å²) in [5, 5.41) is 16.8. The molecule has 0 aliphatic carbocycles. The number of piperazine rings is 1. The number of nitrogens with zero attached hydrogens (tertiary/aromatic N) is 5. The maximum absolute atomic E-state index is 11.5. The minimum atomic E-state index is -0.246. The molecule has 1 N–H and O–H groups in total. The van der Waals surface area contributed by atoms with Crippen molar-refractivity contribution in [2.75, 3.05) is 43.4 Å². The van der Waals surface area contributed by atoms with Crippen LogP contribution >= 0.6 is 0 Å². The molecule has 0 atom stereocenters. The van der Waals surface area contributed by atoms with Gasteiger partial charge in [0, 0.05) is 54.9 Å². The molecule has 1 aliphatic heterocycles. The molecule has 0 spiro atoms. The number of carbonyl (C=O) groups is 1. The predicted octanol–water partition coefficient (Wildman–Crippen LogP) is 4.92. The summed E-state index contributed by atoms with van der Waals surface area (Å²) in [6.07, 6.45) is 8.80. The van der Waals surface area contributed by atoms with Crippen molar-refractivity contribution in [1.82, 2.24) is 14.5 Å². The number of nitrogens with one attached hydrogen (secondary N) is 1. The smallest absolute Gasteiger partial charge is 0.247 e. The van der Waals surface area contributed by atoms with E-state index in [1.807, 2.05) is 42.6 Å². The van der Waals surface area contributed by atoms with Crippen LogP contribution in [0.3, 0.4) is 0 Å². The molecule has 0 radical (unpaired) electrons. The molecule has 5 rings (SSSR count). The molecule has 1 amide bonds. The average Bonchev–Trinajstić information content (AvgIpc) is 3.36. The molecule has 1 saturated heterocycles. The third-order valence-corrected chi connectivity index (χ3v) is 6.65. The Morgan fingerprint density at radius 1 is 1.03 bits per heavy atom. The molecule has 0 unspecified atom stereocenters. The van der Waals surface area contributed by atoms with Crippen molar-refractivity contribution in [3.05, 3.63) is 96.3 Å². The summed E-state index contributed by atoms with van der Waals surface area (Å²) in [7, 11) is 2.16. The lowest BCUT2D eigenvalue weighted by Crippen LogP contribution is -2.44. The Hall–Kier alpha value is -4.67. The number of benzene rings is 2. The first-order chi connectivity index (χ1) is 18.0. The van der Waals surface area contributed by atoms with Gasteiger partial charge in [-0.25, -0.2) is 4.52 Å². The summed E-state index contributed by atoms with van der Waals surface area (Å²) in [4.78, 5) is 16.3. The maximum Gasteiger partial charge on any atom is 0.247 e. The number of hydrogen-bond acceptors (Lipinski definition) is 5. The quantitative estimate of drug-likeness (QED) is 0.390. The van der Waals surface area contributed by atoms with Crippen LogP contribution in [0, 0.1) is 11.3 Å². The Morgan fingerprint density at radius 2 is 1.76 bits per heavy atom. The number of likely N-dealkylation sites (N-methyl/N-ethyl adjacent to an activating group) is 1. The standard InChI is InChI=1S/C30H28N6O/c1-3-29(37)33-27-10-5-22(6-11-27)4-7-24-18-25(21-36-30(24)26(19-31)20-32-36)23-8-12-28(13-9-23)35-16-14-34(2)15-17-35/h3-13,18,20-21H,1,14-17H2,2H3,(H,33,37)/b7-4+. The first-order valence-electron chi connectivity index (χ1n) is 12.2. The van der Waals surface area contributed by atoms with Crippen molar-refractivity contribution in [2.45, 2.75) is 0 Å². The second-order valence-corrected chi connectivity index (χ2v) is 9.13. The highest BCUT2D eigenvalue weighted by Crippen LogP contribution is 2.28. The fourth-order valence-electron chi connectivity index (χ4n) is 4.51. The van der Waals surface area contributed by atoms with Crippen molar-refractivity contribution >= 4 is 35.0 Å². The molecule has 1 fully saturated rings. The number of fused-ring (bicyclic) bond motifs is 1. The number of hydrogen-bond donors (Lipinski definition) is 1. The monoisotopic (exact) mass is 488 g/mol. The minimum Gasteiger partial charge on any atom is -0.369 e. The van der Waals surface area contributed by atoms with Gasteiger partial charge in [0.05, 0.1) is 17.3 Å². The molecule has 7 heteroatoms. The molecular formula is C30H28N6O. The van der Waals surface area contributed by atoms with E-state index in [1.54, 1.807) is 10.7 Å². The van der Waals surface area contributed by atoms with Crippen molar-refractivity contribution in [2.24, 2.45) is 0 Å². The summed E-state index contributed by atoms with van der Waals surface area (Å²) >= 11 is 0. The van der Waals surface area contributed by atoms with E-state index in [4.69, 9.17) is 0 Å². The van der Waals surface area contributed by atoms with Crippen LogP contribution in [0.5, 0.6) is 0 Å². The van der Waals surface area contributed by atoms with Crippen molar-refractivity contribution in [3.8, 4) is 17.2 Å². The molecule has 3 heterocycles. The molecule has 0 saturated carbocycles. The van der Waals surface area contributed by atoms with Gasteiger partial charge in [-0.05, 0) is 54.6 Å². The van der Waals surface area contributed by atoms with Gasteiger partial charge in [0.25, 0.3) is 0 Å². The Labute approximate surface area is 216 Å². The Kier molecular flexibility index (Phi) is 6.84. The second kappa shape index (κ2) is 10.5. The number of rotatable bonds is 6. The van der Waals surface area contributed by atoms with Crippen molar-refractivity contribution in [3.63, 3.8) is 0 Å². The summed E-state index contributed by atoms with van der Waals surface area (Å²) < 4.78 is 1.77. The summed E-state index contributed by atoms with van der Waals surface area (Å²) in [5.41, 5.74) is 7.21. The van der Waals surface area contributed by atoms with Crippen LogP contribution < -0.4 is 10.2 Å². The highest BCUT2D eigenvalue weighted by atomic mass is 16.1. The van der Waals surface area contributed by atoms with Crippen molar-refractivity contribution < 1.29 is 4.79 Å². The van der Waals surface area contributed by atoms with Gasteiger partial charge in [0.1, 0.15) is 6.07 Å². The second-order valence-electron chi connectivity index (χ2n) is 9.13. The van der Waals surface area contributed by atoms with Gasteiger partial charge in [-0.15, -0.1) is 0 Å². The number of carbonyl (C=O) groups excluding carboxylic acids is 1. The first kappa shape index (κ1) is 24.0. The summed E-state index contributed by atoms with van der Waals surface area (Å²) in [5.74, 6) is -0.246. The number of pyridine rings is 1. The highest BCUT2D eigenvalue weighted by molar-refractivity contribution is 5.99. The SMILES string of the molecule is C=CC(=O)Nc1ccc(/C=C/c2cc(-c3ccc(N4CCN(C)CC4)cc3)cn3ncc(C#N)c23)cc1. The normalized spacial score (nSPS) is 14.1. The lowest BCUT2D eigenvalue weighted by Gasteiger charge is -2.34. The number of anilines is 2. The molecule has 2 aromatic heterocycles. The van der Waals surface area contributed by atoms with Gasteiger partial charge in [-0.2, -0.15) is 10.4 Å². The van der Waals surface area contributed by atoms with E-state index in [-0.39, 0.29) is 5.91 Å². The zero-order valence-electron chi connectivity index (χ0n) is 20.8. The van der Waals surface area contributed by atoms with E-state index in [9.17, 15) is 10.1 Å². The largest absolute Gasteiger partial charge is 0.369 e. The lowest BCUT2D eigenvalue weighted by molar-refractivity contribution is -0.111. The number of aromatic nitrogens is 2. The maximum atomic E-state index is 11.5. The molecule has 1 aliphatic rings. The van der Waals surface area contributed by atoms with Crippen molar-refractivity contribution in [1.29, 1.82) is 5.26 Å².